The number of methoxy groups -OCH3 is 2. The Kier molecular flexibility index (Phi) is 7.03. The minimum Gasteiger partial charge on any atom is -0.493 e. The molecule has 0 radical (unpaired) electrons. The lowest BCUT2D eigenvalue weighted by Crippen LogP contribution is -2.25. The molecular weight excluding hydrogens is 368 g/mol. The normalized spacial score (nSPS) is 10.5. The van der Waals surface area contributed by atoms with Crippen LogP contribution in [0, 0.1) is 0 Å². The highest BCUT2D eigenvalue weighted by Gasteiger charge is 2.15. The van der Waals surface area contributed by atoms with Crippen LogP contribution in [0.25, 0.3) is 0 Å². The first-order valence-corrected chi connectivity index (χ1v) is 8.06. The average Bonchev–Trinajstić information content (AvgIpc) is 2.61. The summed E-state index contributed by atoms with van der Waals surface area (Å²) in [7, 11) is 2.92. The van der Waals surface area contributed by atoms with Gasteiger partial charge in [-0.3, -0.25) is 4.79 Å². The zero-order chi connectivity index (χ0) is 19.1. The highest BCUT2D eigenvalue weighted by atomic mass is 35.5. The van der Waals surface area contributed by atoms with Crippen molar-refractivity contribution in [2.24, 2.45) is 0 Å². The van der Waals surface area contributed by atoms with Gasteiger partial charge in [0.25, 0.3) is 5.91 Å². The van der Waals surface area contributed by atoms with Gasteiger partial charge in [-0.25, -0.2) is 0 Å². The van der Waals surface area contributed by atoms with E-state index in [1.807, 2.05) is 0 Å². The van der Waals surface area contributed by atoms with Gasteiger partial charge in [0, 0.05) is 12.1 Å². The number of amides is 1. The summed E-state index contributed by atoms with van der Waals surface area (Å²) in [6.07, 6.45) is 0.529. The van der Waals surface area contributed by atoms with Gasteiger partial charge in [0.1, 0.15) is 5.75 Å². The minimum absolute atomic E-state index is 0.0905. The van der Waals surface area contributed by atoms with Crippen LogP contribution in [0.2, 0.25) is 5.02 Å². The van der Waals surface area contributed by atoms with Crippen molar-refractivity contribution < 1.29 is 27.8 Å². The topological polar surface area (TPSA) is 56.8 Å². The molecule has 0 aliphatic heterocycles. The summed E-state index contributed by atoms with van der Waals surface area (Å²) < 4.78 is 38.8. The number of carbonyl (C=O) groups excluding carboxylic acids is 1. The molecule has 0 heterocycles. The lowest BCUT2D eigenvalue weighted by molar-refractivity contribution is -0.0498. The van der Waals surface area contributed by atoms with E-state index in [1.54, 1.807) is 12.1 Å². The quantitative estimate of drug-likeness (QED) is 0.748. The predicted molar refractivity (Wildman–Crippen MR) is 93.7 cm³/mol. The highest BCUT2D eigenvalue weighted by molar-refractivity contribution is 6.32. The summed E-state index contributed by atoms with van der Waals surface area (Å²) in [6, 6.07) is 9.27. The van der Waals surface area contributed by atoms with Crippen LogP contribution < -0.4 is 19.5 Å². The maximum Gasteiger partial charge on any atom is 0.387 e. The predicted octanol–water partition coefficient (Wildman–Crippen LogP) is 3.93. The zero-order valence-corrected chi connectivity index (χ0v) is 15.0. The van der Waals surface area contributed by atoms with Crippen LogP contribution in [0.5, 0.6) is 17.2 Å². The Morgan fingerprint density at radius 1 is 1.15 bits per heavy atom. The molecule has 1 amide bonds. The van der Waals surface area contributed by atoms with Gasteiger partial charge in [-0.15, -0.1) is 0 Å². The van der Waals surface area contributed by atoms with Gasteiger partial charge in [-0.1, -0.05) is 23.7 Å². The number of benzene rings is 2. The molecule has 140 valence electrons. The second-order valence-electron chi connectivity index (χ2n) is 5.22. The SMILES string of the molecule is COc1cc(C(=O)NCCc2ccc(OC(F)F)cc2)cc(Cl)c1OC. The molecule has 2 rings (SSSR count). The van der Waals surface area contributed by atoms with Crippen LogP contribution in [0.15, 0.2) is 36.4 Å². The summed E-state index contributed by atoms with van der Waals surface area (Å²) in [5.41, 5.74) is 1.21. The third-order valence-corrected chi connectivity index (χ3v) is 3.82. The van der Waals surface area contributed by atoms with E-state index < -0.39 is 6.61 Å². The summed E-state index contributed by atoms with van der Waals surface area (Å²) in [4.78, 5) is 12.3. The Labute approximate surface area is 154 Å². The molecular formula is C18H18ClF2NO4. The lowest BCUT2D eigenvalue weighted by Gasteiger charge is -2.12. The maximum atomic E-state index is 12.3. The molecule has 0 unspecified atom stereocenters. The summed E-state index contributed by atoms with van der Waals surface area (Å²) in [6.45, 7) is -2.49. The maximum absolute atomic E-state index is 12.3. The van der Waals surface area contributed by atoms with Gasteiger partial charge in [0.05, 0.1) is 19.2 Å². The van der Waals surface area contributed by atoms with Crippen LogP contribution in [0.4, 0.5) is 8.78 Å². The Morgan fingerprint density at radius 3 is 2.42 bits per heavy atom. The number of ether oxygens (including phenoxy) is 3. The standard InChI is InChI=1S/C18H18ClF2NO4/c1-24-15-10-12(9-14(19)16(15)25-2)17(23)22-8-7-11-3-5-13(6-4-11)26-18(20)21/h3-6,9-10,18H,7-8H2,1-2H3,(H,22,23). The van der Waals surface area contributed by atoms with E-state index in [-0.39, 0.29) is 16.7 Å². The van der Waals surface area contributed by atoms with Crippen LogP contribution in [0.1, 0.15) is 15.9 Å². The lowest BCUT2D eigenvalue weighted by atomic mass is 10.1. The number of alkyl halides is 2. The first-order valence-electron chi connectivity index (χ1n) is 7.68. The summed E-state index contributed by atoms with van der Waals surface area (Å²) in [5, 5.41) is 3.04. The fourth-order valence-corrected chi connectivity index (χ4v) is 2.60. The molecule has 0 aromatic heterocycles. The van der Waals surface area contributed by atoms with Crippen molar-refractivity contribution in [3.63, 3.8) is 0 Å². The van der Waals surface area contributed by atoms with Crippen molar-refractivity contribution in [3.05, 3.63) is 52.5 Å². The molecule has 0 saturated carbocycles. The second kappa shape index (κ2) is 9.24. The van der Waals surface area contributed by atoms with Crippen LogP contribution >= 0.6 is 11.6 Å². The molecule has 0 aliphatic carbocycles. The molecule has 2 aromatic carbocycles. The number of nitrogens with one attached hydrogen (secondary N) is 1. The molecule has 5 nitrogen and oxygen atoms in total. The molecule has 0 fully saturated rings. The largest absolute Gasteiger partial charge is 0.493 e. The highest BCUT2D eigenvalue weighted by Crippen LogP contribution is 2.35. The summed E-state index contributed by atoms with van der Waals surface area (Å²) >= 11 is 6.09. The minimum atomic E-state index is -2.85. The van der Waals surface area contributed by atoms with Crippen LogP contribution in [-0.4, -0.2) is 33.3 Å². The fraction of sp³-hybridized carbons (Fsp3) is 0.278. The van der Waals surface area contributed by atoms with Crippen molar-refractivity contribution in [2.75, 3.05) is 20.8 Å². The number of carbonyl (C=O) groups is 1. The number of hydrogen-bond donors (Lipinski definition) is 1. The molecule has 0 aliphatic rings. The number of halogens is 3. The van der Waals surface area contributed by atoms with E-state index in [4.69, 9.17) is 21.1 Å². The van der Waals surface area contributed by atoms with Crippen molar-refractivity contribution >= 4 is 17.5 Å². The average molecular weight is 386 g/mol. The van der Waals surface area contributed by atoms with Gasteiger partial charge in [0.15, 0.2) is 11.5 Å². The molecule has 0 saturated heterocycles. The van der Waals surface area contributed by atoms with Gasteiger partial charge in [0.2, 0.25) is 0 Å². The van der Waals surface area contributed by atoms with E-state index in [1.165, 1.54) is 38.5 Å². The van der Waals surface area contributed by atoms with Gasteiger partial charge >= 0.3 is 6.61 Å². The van der Waals surface area contributed by atoms with E-state index in [0.717, 1.165) is 5.56 Å². The Morgan fingerprint density at radius 2 is 1.85 bits per heavy atom. The van der Waals surface area contributed by atoms with Gasteiger partial charge in [-0.05, 0) is 36.2 Å². The van der Waals surface area contributed by atoms with E-state index >= 15 is 0 Å². The Balaban J connectivity index is 1.93. The third kappa shape index (κ3) is 5.23. The van der Waals surface area contributed by atoms with Crippen LogP contribution in [-0.2, 0) is 6.42 Å². The second-order valence-corrected chi connectivity index (χ2v) is 5.63. The summed E-state index contributed by atoms with van der Waals surface area (Å²) in [5.74, 6) is 0.495. The molecule has 26 heavy (non-hydrogen) atoms. The molecule has 2 aromatic rings. The smallest absolute Gasteiger partial charge is 0.387 e. The molecule has 1 N–H and O–H groups in total. The number of rotatable bonds is 8. The van der Waals surface area contributed by atoms with Crippen molar-refractivity contribution in [1.29, 1.82) is 0 Å². The first kappa shape index (κ1) is 19.8. The van der Waals surface area contributed by atoms with Crippen LogP contribution in [0.3, 0.4) is 0 Å². The fourth-order valence-electron chi connectivity index (χ4n) is 2.31. The molecule has 0 atom stereocenters. The Bertz CT molecular complexity index is 754. The van der Waals surface area contributed by atoms with Crippen molar-refractivity contribution in [1.82, 2.24) is 5.32 Å². The first-order chi connectivity index (χ1) is 12.4. The molecule has 8 heteroatoms. The van der Waals surface area contributed by atoms with E-state index in [2.05, 4.69) is 10.1 Å². The van der Waals surface area contributed by atoms with E-state index in [0.29, 0.717) is 30.0 Å². The third-order valence-electron chi connectivity index (χ3n) is 3.54. The zero-order valence-electron chi connectivity index (χ0n) is 14.2. The van der Waals surface area contributed by atoms with Gasteiger partial charge < -0.3 is 19.5 Å². The Hall–Kier alpha value is -2.54. The monoisotopic (exact) mass is 385 g/mol. The van der Waals surface area contributed by atoms with Crippen molar-refractivity contribution in [2.45, 2.75) is 13.0 Å². The van der Waals surface area contributed by atoms with Crippen molar-refractivity contribution in [3.8, 4) is 17.2 Å². The molecule has 0 spiro atoms. The molecule has 0 bridgehead atoms. The van der Waals surface area contributed by atoms with Gasteiger partial charge in [-0.2, -0.15) is 8.78 Å². The number of hydrogen-bond acceptors (Lipinski definition) is 4. The van der Waals surface area contributed by atoms with E-state index in [9.17, 15) is 13.6 Å².